The van der Waals surface area contributed by atoms with E-state index in [2.05, 4.69) is 0 Å². The third-order valence-electron chi connectivity index (χ3n) is 5.05. The van der Waals surface area contributed by atoms with E-state index in [0.717, 1.165) is 12.8 Å². The Hall–Kier alpha value is -3.23. The van der Waals surface area contributed by atoms with Crippen molar-refractivity contribution in [2.75, 3.05) is 0 Å². The van der Waals surface area contributed by atoms with Gasteiger partial charge in [0, 0.05) is 18.9 Å². The molecule has 1 aliphatic rings. The number of carboxylic acids is 1. The number of ether oxygens (including phenoxy) is 2. The van der Waals surface area contributed by atoms with E-state index >= 15 is 0 Å². The summed E-state index contributed by atoms with van der Waals surface area (Å²) in [7, 11) is 0. The molecule has 8 nitrogen and oxygen atoms in total. The molecular formula is C28H38O8. The number of cyclic esters (lactones) is 1. The standard InChI is InChI=1S/C28H38O8/c1-22-13-7-3-2-4-8-14-23(29)21-24(30)15-9-5-10-16-25(36-28(34)20-19-26(31)32)17-11-6-12-18-27(33)35-22/h2,4-6,8-12,14,16,18,22-25,29-30H,3,7,13,15,17,19-21H2,1H3,(H,31,32)/b4-2?,9-5?,11-6?,14-8?,16-10+,18-12?. The van der Waals surface area contributed by atoms with Crippen molar-refractivity contribution in [3.05, 3.63) is 72.9 Å². The quantitative estimate of drug-likeness (QED) is 0.490. The summed E-state index contributed by atoms with van der Waals surface area (Å²) in [5.74, 6) is -2.16. The number of hydrogen-bond donors (Lipinski definition) is 3. The lowest BCUT2D eigenvalue weighted by Gasteiger charge is -2.12. The molecule has 0 saturated heterocycles. The predicted octanol–water partition coefficient (Wildman–Crippen LogP) is 4.11. The molecule has 0 bridgehead atoms. The monoisotopic (exact) mass is 502 g/mol. The third-order valence-corrected chi connectivity index (χ3v) is 5.05. The lowest BCUT2D eigenvalue weighted by Crippen LogP contribution is -2.16. The molecule has 0 saturated carbocycles. The predicted molar refractivity (Wildman–Crippen MR) is 137 cm³/mol. The van der Waals surface area contributed by atoms with Crippen molar-refractivity contribution in [3.8, 4) is 0 Å². The van der Waals surface area contributed by atoms with Gasteiger partial charge < -0.3 is 24.8 Å². The van der Waals surface area contributed by atoms with Crippen LogP contribution in [0.15, 0.2) is 72.9 Å². The first kappa shape index (κ1) is 30.8. The number of aliphatic hydroxyl groups is 2. The van der Waals surface area contributed by atoms with E-state index in [9.17, 15) is 24.6 Å². The maximum atomic E-state index is 11.9. The molecule has 0 aromatic rings. The minimum absolute atomic E-state index is 0.198. The highest BCUT2D eigenvalue weighted by Crippen LogP contribution is 2.09. The van der Waals surface area contributed by atoms with Gasteiger partial charge in [-0.2, -0.15) is 0 Å². The average Bonchev–Trinajstić information content (AvgIpc) is 2.80. The first-order valence-corrected chi connectivity index (χ1v) is 12.2. The first-order valence-electron chi connectivity index (χ1n) is 12.2. The Morgan fingerprint density at radius 2 is 1.67 bits per heavy atom. The molecule has 0 aromatic carbocycles. The lowest BCUT2D eigenvalue weighted by atomic mass is 10.1. The van der Waals surface area contributed by atoms with Crippen LogP contribution in [0.5, 0.6) is 0 Å². The van der Waals surface area contributed by atoms with E-state index in [1.807, 2.05) is 19.1 Å². The molecule has 0 aromatic heterocycles. The first-order chi connectivity index (χ1) is 17.3. The maximum absolute atomic E-state index is 11.9. The Bertz CT molecular complexity index is 850. The molecule has 1 aliphatic heterocycles. The maximum Gasteiger partial charge on any atom is 0.331 e. The largest absolute Gasteiger partial charge is 0.481 e. The number of carbonyl (C=O) groups is 3. The van der Waals surface area contributed by atoms with Crippen LogP contribution in [0.2, 0.25) is 0 Å². The molecule has 4 atom stereocenters. The van der Waals surface area contributed by atoms with Crippen LogP contribution in [-0.4, -0.2) is 57.6 Å². The van der Waals surface area contributed by atoms with Gasteiger partial charge in [0.1, 0.15) is 6.10 Å². The number of allylic oxidation sites excluding steroid dienone is 7. The van der Waals surface area contributed by atoms with Crippen molar-refractivity contribution in [1.82, 2.24) is 0 Å². The van der Waals surface area contributed by atoms with Crippen LogP contribution in [0.4, 0.5) is 0 Å². The van der Waals surface area contributed by atoms with Gasteiger partial charge in [-0.15, -0.1) is 0 Å². The van der Waals surface area contributed by atoms with Crippen molar-refractivity contribution in [2.45, 2.75) is 82.7 Å². The molecule has 36 heavy (non-hydrogen) atoms. The van der Waals surface area contributed by atoms with Crippen LogP contribution >= 0.6 is 0 Å². The summed E-state index contributed by atoms with van der Waals surface area (Å²) in [6.45, 7) is 1.83. The van der Waals surface area contributed by atoms with Crippen LogP contribution in [-0.2, 0) is 23.9 Å². The Morgan fingerprint density at radius 3 is 2.44 bits per heavy atom. The second-order valence-electron chi connectivity index (χ2n) is 8.44. The number of carbonyl (C=O) groups excluding carboxylic acids is 2. The number of rotatable bonds is 4. The zero-order valence-electron chi connectivity index (χ0n) is 20.8. The van der Waals surface area contributed by atoms with E-state index < -0.39 is 36.2 Å². The highest BCUT2D eigenvalue weighted by Gasteiger charge is 2.12. The summed E-state index contributed by atoms with van der Waals surface area (Å²) < 4.78 is 10.7. The average molecular weight is 503 g/mol. The molecular weight excluding hydrogens is 464 g/mol. The molecule has 8 heteroatoms. The Balaban J connectivity index is 2.86. The second kappa shape index (κ2) is 19.0. The number of aliphatic carboxylic acids is 1. The fourth-order valence-corrected chi connectivity index (χ4v) is 3.17. The van der Waals surface area contributed by atoms with Gasteiger partial charge in [-0.25, -0.2) is 4.79 Å². The normalized spacial score (nSPS) is 26.0. The fraction of sp³-hybridized carbons (Fsp3) is 0.464. The van der Waals surface area contributed by atoms with Crippen LogP contribution in [0.1, 0.15) is 58.3 Å². The van der Waals surface area contributed by atoms with Gasteiger partial charge in [0.15, 0.2) is 0 Å². The summed E-state index contributed by atoms with van der Waals surface area (Å²) in [6.07, 6.45) is 20.5. The van der Waals surface area contributed by atoms with Crippen LogP contribution in [0, 0.1) is 0 Å². The molecule has 0 spiro atoms. The van der Waals surface area contributed by atoms with E-state index in [1.54, 1.807) is 54.7 Å². The van der Waals surface area contributed by atoms with E-state index in [4.69, 9.17) is 14.6 Å². The SMILES string of the molecule is CC1CCCC=CC=CC(O)CC(O)CC=C/C=C/C(OC(=O)CCC(=O)O)CC=CC=CC(=O)O1. The summed E-state index contributed by atoms with van der Waals surface area (Å²) >= 11 is 0. The third kappa shape index (κ3) is 17.2. The second-order valence-corrected chi connectivity index (χ2v) is 8.44. The molecule has 3 N–H and O–H groups in total. The number of carboxylic acid groups (broad SMARTS) is 1. The van der Waals surface area contributed by atoms with Crippen molar-refractivity contribution < 1.29 is 39.2 Å². The van der Waals surface area contributed by atoms with Gasteiger partial charge in [0.05, 0.1) is 31.2 Å². The molecule has 0 aliphatic carbocycles. The Kier molecular flexibility index (Phi) is 16.3. The fourth-order valence-electron chi connectivity index (χ4n) is 3.17. The topological polar surface area (TPSA) is 130 Å². The molecule has 4 unspecified atom stereocenters. The zero-order chi connectivity index (χ0) is 26.6. The number of hydrogen-bond acceptors (Lipinski definition) is 7. The number of aliphatic hydroxyl groups excluding tert-OH is 2. The van der Waals surface area contributed by atoms with E-state index in [0.29, 0.717) is 19.3 Å². The van der Waals surface area contributed by atoms with Gasteiger partial charge in [-0.05, 0) is 38.7 Å². The van der Waals surface area contributed by atoms with Crippen LogP contribution < -0.4 is 0 Å². The van der Waals surface area contributed by atoms with E-state index in [1.165, 1.54) is 6.08 Å². The summed E-state index contributed by atoms with van der Waals surface area (Å²) in [4.78, 5) is 34.6. The van der Waals surface area contributed by atoms with Gasteiger partial charge in [-0.3, -0.25) is 9.59 Å². The van der Waals surface area contributed by atoms with Crippen molar-refractivity contribution in [2.24, 2.45) is 0 Å². The Morgan fingerprint density at radius 1 is 0.972 bits per heavy atom. The minimum atomic E-state index is -1.08. The number of esters is 2. The Labute approximate surface area is 213 Å². The van der Waals surface area contributed by atoms with Gasteiger partial charge in [0.2, 0.25) is 0 Å². The smallest absolute Gasteiger partial charge is 0.331 e. The molecule has 0 fully saturated rings. The molecule has 1 heterocycles. The van der Waals surface area contributed by atoms with Crippen molar-refractivity contribution >= 4 is 17.9 Å². The van der Waals surface area contributed by atoms with Crippen LogP contribution in [0.3, 0.4) is 0 Å². The van der Waals surface area contributed by atoms with Crippen molar-refractivity contribution in [3.63, 3.8) is 0 Å². The van der Waals surface area contributed by atoms with Gasteiger partial charge in [-0.1, -0.05) is 60.8 Å². The summed E-state index contributed by atoms with van der Waals surface area (Å²) in [5, 5.41) is 28.9. The summed E-state index contributed by atoms with van der Waals surface area (Å²) in [6, 6.07) is 0. The van der Waals surface area contributed by atoms with Crippen molar-refractivity contribution in [1.29, 1.82) is 0 Å². The van der Waals surface area contributed by atoms with Gasteiger partial charge >= 0.3 is 17.9 Å². The van der Waals surface area contributed by atoms with Gasteiger partial charge in [0.25, 0.3) is 0 Å². The highest BCUT2D eigenvalue weighted by molar-refractivity contribution is 5.82. The molecule has 0 radical (unpaired) electrons. The summed E-state index contributed by atoms with van der Waals surface area (Å²) in [5.41, 5.74) is 0. The minimum Gasteiger partial charge on any atom is -0.481 e. The zero-order valence-corrected chi connectivity index (χ0v) is 20.8. The molecule has 0 amide bonds. The molecule has 1 rings (SSSR count). The van der Waals surface area contributed by atoms with E-state index in [-0.39, 0.29) is 25.4 Å². The van der Waals surface area contributed by atoms with Crippen LogP contribution in [0.25, 0.3) is 0 Å². The lowest BCUT2D eigenvalue weighted by molar-refractivity contribution is -0.150. The molecule has 198 valence electrons. The highest BCUT2D eigenvalue weighted by atomic mass is 16.5.